The Morgan fingerprint density at radius 3 is 2.52 bits per heavy atom. The molecule has 1 atom stereocenters. The van der Waals surface area contributed by atoms with Gasteiger partial charge in [0.15, 0.2) is 0 Å². The van der Waals surface area contributed by atoms with E-state index in [-0.39, 0.29) is 44.2 Å². The number of carbonyl (C=O) groups is 2. The molecule has 2 N–H and O–H groups in total. The molecule has 0 bridgehead atoms. The third kappa shape index (κ3) is 4.15. The van der Waals surface area contributed by atoms with Crippen LogP contribution in [0.3, 0.4) is 0 Å². The van der Waals surface area contributed by atoms with E-state index < -0.39 is 23.5 Å². The van der Waals surface area contributed by atoms with Crippen LogP contribution >= 0.6 is 34.8 Å². The summed E-state index contributed by atoms with van der Waals surface area (Å²) < 4.78 is 10.6. The number of ketones is 1. The molecule has 2 heterocycles. The highest BCUT2D eigenvalue weighted by Gasteiger charge is 2.47. The molecule has 1 aliphatic heterocycles. The molecule has 0 aliphatic carbocycles. The molecule has 1 saturated heterocycles. The second-order valence-electron chi connectivity index (χ2n) is 7.19. The molecule has 0 spiro atoms. The van der Waals surface area contributed by atoms with Crippen LogP contribution in [-0.4, -0.2) is 33.9 Å². The van der Waals surface area contributed by atoms with Gasteiger partial charge in [-0.25, -0.2) is 0 Å². The van der Waals surface area contributed by atoms with E-state index in [0.29, 0.717) is 11.3 Å². The van der Waals surface area contributed by atoms with Crippen molar-refractivity contribution < 1.29 is 29.0 Å². The van der Waals surface area contributed by atoms with Gasteiger partial charge in [-0.2, -0.15) is 0 Å². The summed E-state index contributed by atoms with van der Waals surface area (Å²) in [5.74, 6) is -1.97. The molecule has 4 rings (SSSR count). The largest absolute Gasteiger partial charge is 0.507 e. The minimum absolute atomic E-state index is 0.0134. The van der Waals surface area contributed by atoms with Crippen LogP contribution in [0.25, 0.3) is 5.76 Å². The van der Waals surface area contributed by atoms with Gasteiger partial charge in [0.1, 0.15) is 23.0 Å². The smallest absolute Gasteiger partial charge is 0.296 e. The van der Waals surface area contributed by atoms with E-state index in [1.165, 1.54) is 48.6 Å². The number of phenols is 1. The molecule has 3 aromatic rings. The third-order valence-corrected chi connectivity index (χ3v) is 6.00. The number of hydrogen-bond acceptors (Lipinski definition) is 6. The van der Waals surface area contributed by atoms with Crippen molar-refractivity contribution in [2.45, 2.75) is 12.6 Å². The maximum Gasteiger partial charge on any atom is 0.296 e. The third-order valence-electron chi connectivity index (χ3n) is 5.20. The molecule has 170 valence electrons. The van der Waals surface area contributed by atoms with E-state index in [0.717, 1.165) is 0 Å². The number of nitrogens with zero attached hydrogens (tertiary/aromatic N) is 1. The predicted octanol–water partition coefficient (Wildman–Crippen LogP) is 5.58. The van der Waals surface area contributed by atoms with Crippen LogP contribution in [0.4, 0.5) is 0 Å². The summed E-state index contributed by atoms with van der Waals surface area (Å²) in [7, 11) is 1.35. The minimum atomic E-state index is -1.05. The van der Waals surface area contributed by atoms with Crippen LogP contribution < -0.4 is 4.74 Å². The molecule has 1 fully saturated rings. The van der Waals surface area contributed by atoms with Gasteiger partial charge in [0.05, 0.1) is 47.1 Å². The quantitative estimate of drug-likeness (QED) is 0.265. The van der Waals surface area contributed by atoms with Gasteiger partial charge in [0.25, 0.3) is 11.7 Å². The Morgan fingerprint density at radius 2 is 1.88 bits per heavy atom. The lowest BCUT2D eigenvalue weighted by Crippen LogP contribution is -2.29. The molecule has 33 heavy (non-hydrogen) atoms. The Labute approximate surface area is 203 Å². The number of halogens is 3. The van der Waals surface area contributed by atoms with Crippen molar-refractivity contribution in [3.63, 3.8) is 0 Å². The zero-order valence-corrected chi connectivity index (χ0v) is 19.3. The maximum absolute atomic E-state index is 13.1. The Bertz CT molecular complexity index is 1290. The highest BCUT2D eigenvalue weighted by Crippen LogP contribution is 2.44. The molecular weight excluding hydrogens is 493 g/mol. The lowest BCUT2D eigenvalue weighted by Gasteiger charge is -2.25. The fourth-order valence-corrected chi connectivity index (χ4v) is 4.50. The Morgan fingerprint density at radius 1 is 1.12 bits per heavy atom. The van der Waals surface area contributed by atoms with E-state index >= 15 is 0 Å². The molecule has 1 amide bonds. The number of benzene rings is 2. The highest BCUT2D eigenvalue weighted by molar-refractivity contribution is 6.47. The number of rotatable bonds is 5. The first-order chi connectivity index (χ1) is 15.7. The van der Waals surface area contributed by atoms with Crippen molar-refractivity contribution >= 4 is 52.3 Å². The molecule has 1 unspecified atom stereocenters. The van der Waals surface area contributed by atoms with Crippen LogP contribution in [0.15, 0.2) is 58.7 Å². The Hall–Kier alpha value is -3.13. The second-order valence-corrected chi connectivity index (χ2v) is 8.44. The fraction of sp³-hybridized carbons (Fsp3) is 0.130. The first-order valence-corrected chi connectivity index (χ1v) is 10.7. The lowest BCUT2D eigenvalue weighted by atomic mass is 9.95. The molecule has 7 nitrogen and oxygen atoms in total. The summed E-state index contributed by atoms with van der Waals surface area (Å²) in [5, 5.41) is 21.4. The van der Waals surface area contributed by atoms with Crippen LogP contribution in [0.1, 0.15) is 22.9 Å². The molecule has 10 heteroatoms. The zero-order chi connectivity index (χ0) is 23.9. The summed E-state index contributed by atoms with van der Waals surface area (Å²) in [6, 6.07) is 9.31. The van der Waals surface area contributed by atoms with E-state index in [4.69, 9.17) is 44.0 Å². The van der Waals surface area contributed by atoms with Gasteiger partial charge in [-0.3, -0.25) is 9.59 Å². The number of aromatic hydroxyl groups is 1. The van der Waals surface area contributed by atoms with Crippen LogP contribution in [0.5, 0.6) is 11.5 Å². The first-order valence-electron chi connectivity index (χ1n) is 9.55. The highest BCUT2D eigenvalue weighted by atomic mass is 35.5. The van der Waals surface area contributed by atoms with Gasteiger partial charge in [-0.05, 0) is 42.0 Å². The van der Waals surface area contributed by atoms with E-state index in [1.807, 2.05) is 0 Å². The molecular formula is C23H16Cl3NO6. The van der Waals surface area contributed by atoms with Gasteiger partial charge >= 0.3 is 0 Å². The number of likely N-dealkylation sites (tertiary alicyclic amines) is 1. The van der Waals surface area contributed by atoms with Gasteiger partial charge in [-0.1, -0.05) is 40.9 Å². The number of amides is 1. The Balaban J connectivity index is 1.96. The van der Waals surface area contributed by atoms with Crippen LogP contribution in [0, 0.1) is 0 Å². The monoisotopic (exact) mass is 507 g/mol. The van der Waals surface area contributed by atoms with Gasteiger partial charge in [-0.15, -0.1) is 0 Å². The standard InChI is InChI=1S/C23H16Cl3NO6/c1-32-22-14(8-12(24)9-16(22)26)20(29)18-19(11-4-5-17(28)15(25)7-11)27(23(31)21(18)30)10-13-3-2-6-33-13/h2-9,19,28-29H,10H2,1H3/b20-18+. The summed E-state index contributed by atoms with van der Waals surface area (Å²) in [6.45, 7) is -0.0506. The SMILES string of the molecule is COc1c(Cl)cc(Cl)cc1/C(O)=C1\C(=O)C(=O)N(Cc2ccco2)C1c1ccc(O)c(Cl)c1. The number of ether oxygens (including phenoxy) is 1. The molecule has 1 aromatic heterocycles. The van der Waals surface area contributed by atoms with Gasteiger partial charge < -0.3 is 24.3 Å². The number of aliphatic hydroxyl groups is 1. The Kier molecular flexibility index (Phi) is 6.30. The molecule has 0 saturated carbocycles. The fourth-order valence-electron chi connectivity index (χ4n) is 3.74. The number of furan rings is 1. The number of aliphatic hydroxyl groups excluding tert-OH is 1. The van der Waals surface area contributed by atoms with Crippen molar-refractivity contribution in [1.29, 1.82) is 0 Å². The number of Topliss-reactive ketones (excluding diaryl/α,β-unsaturated/α-hetero) is 1. The topological polar surface area (TPSA) is 100 Å². The summed E-state index contributed by atoms with van der Waals surface area (Å²) in [6.07, 6.45) is 1.44. The lowest BCUT2D eigenvalue weighted by molar-refractivity contribution is -0.140. The normalized spacial score (nSPS) is 17.6. The number of methoxy groups -OCH3 is 1. The van der Waals surface area contributed by atoms with Crippen molar-refractivity contribution in [3.05, 3.63) is 86.3 Å². The van der Waals surface area contributed by atoms with Crippen molar-refractivity contribution in [3.8, 4) is 11.5 Å². The molecule has 0 radical (unpaired) electrons. The van der Waals surface area contributed by atoms with Crippen molar-refractivity contribution in [2.24, 2.45) is 0 Å². The second kappa shape index (κ2) is 9.02. The van der Waals surface area contributed by atoms with E-state index in [1.54, 1.807) is 12.1 Å². The molecule has 2 aromatic carbocycles. The summed E-state index contributed by atoms with van der Waals surface area (Å²) in [5.41, 5.74) is 0.211. The summed E-state index contributed by atoms with van der Waals surface area (Å²) in [4.78, 5) is 27.4. The zero-order valence-electron chi connectivity index (χ0n) is 17.0. The maximum atomic E-state index is 13.1. The number of hydrogen-bond donors (Lipinski definition) is 2. The predicted molar refractivity (Wildman–Crippen MR) is 123 cm³/mol. The van der Waals surface area contributed by atoms with Crippen molar-refractivity contribution in [1.82, 2.24) is 4.90 Å². The molecule has 1 aliphatic rings. The van der Waals surface area contributed by atoms with Crippen molar-refractivity contribution in [2.75, 3.05) is 7.11 Å². The average molecular weight is 509 g/mol. The van der Waals surface area contributed by atoms with E-state index in [9.17, 15) is 19.8 Å². The van der Waals surface area contributed by atoms with Gasteiger partial charge in [0, 0.05) is 5.02 Å². The van der Waals surface area contributed by atoms with E-state index in [2.05, 4.69) is 0 Å². The minimum Gasteiger partial charge on any atom is -0.507 e. The van der Waals surface area contributed by atoms with Gasteiger partial charge in [0.2, 0.25) is 0 Å². The number of phenolic OH excluding ortho intramolecular Hbond substituents is 1. The summed E-state index contributed by atoms with van der Waals surface area (Å²) >= 11 is 18.4. The first kappa shape index (κ1) is 23.0. The van der Waals surface area contributed by atoms with Crippen LogP contribution in [-0.2, 0) is 16.1 Å². The van der Waals surface area contributed by atoms with Crippen LogP contribution in [0.2, 0.25) is 15.1 Å². The average Bonchev–Trinajstić information content (AvgIpc) is 3.37. The number of carbonyl (C=O) groups excluding carboxylic acids is 2.